The van der Waals surface area contributed by atoms with Crippen molar-refractivity contribution in [1.29, 1.82) is 0 Å². The molecular formula is C21H19N3O3. The molecule has 0 amide bonds. The van der Waals surface area contributed by atoms with Crippen molar-refractivity contribution in [2.24, 2.45) is 0 Å². The molecule has 0 fully saturated rings. The van der Waals surface area contributed by atoms with Crippen molar-refractivity contribution in [2.75, 3.05) is 12.0 Å². The number of anilines is 1. The van der Waals surface area contributed by atoms with E-state index >= 15 is 0 Å². The predicted molar refractivity (Wildman–Crippen MR) is 102 cm³/mol. The standard InChI is InChI=1S/C21H19N3O3/c1-26-19-7-17-15(6-16(19)20-9-22-12-27-20)18(25)8-21(23-17)24-10-13-4-2-3-5-14(13)11-24/h2-6,8-9,12,19H,7,10-11H2,1H3,(H,23,25). The topological polar surface area (TPSA) is 71.4 Å². The fourth-order valence-electron chi connectivity index (χ4n) is 3.94. The number of fused-ring (bicyclic) bond motifs is 2. The smallest absolute Gasteiger partial charge is 0.191 e. The van der Waals surface area contributed by atoms with E-state index in [1.54, 1.807) is 19.4 Å². The molecule has 5 rings (SSSR count). The largest absolute Gasteiger partial charge is 0.444 e. The molecule has 0 saturated heterocycles. The molecule has 1 aliphatic carbocycles. The highest BCUT2D eigenvalue weighted by Gasteiger charge is 2.28. The highest BCUT2D eigenvalue weighted by molar-refractivity contribution is 5.84. The van der Waals surface area contributed by atoms with Gasteiger partial charge in [0.25, 0.3) is 0 Å². The molecule has 1 N–H and O–H groups in total. The number of hydrogen-bond acceptors (Lipinski definition) is 5. The lowest BCUT2D eigenvalue weighted by atomic mass is 9.92. The molecular weight excluding hydrogens is 342 g/mol. The number of ether oxygens (including phenoxy) is 1. The van der Waals surface area contributed by atoms with Crippen LogP contribution in [0.4, 0.5) is 5.82 Å². The minimum absolute atomic E-state index is 0.00118. The van der Waals surface area contributed by atoms with E-state index in [1.807, 2.05) is 6.08 Å². The third-order valence-electron chi connectivity index (χ3n) is 5.36. The number of aromatic nitrogens is 2. The Bertz CT molecular complexity index is 1060. The maximum absolute atomic E-state index is 12.8. The second-order valence-electron chi connectivity index (χ2n) is 6.93. The van der Waals surface area contributed by atoms with Gasteiger partial charge in [0.15, 0.2) is 17.6 Å². The zero-order chi connectivity index (χ0) is 18.4. The summed E-state index contributed by atoms with van der Waals surface area (Å²) in [4.78, 5) is 22.5. The van der Waals surface area contributed by atoms with Crippen molar-refractivity contribution in [3.8, 4) is 0 Å². The van der Waals surface area contributed by atoms with E-state index in [4.69, 9.17) is 9.15 Å². The lowest BCUT2D eigenvalue weighted by molar-refractivity contribution is 0.146. The average Bonchev–Trinajstić information content (AvgIpc) is 3.36. The molecule has 1 atom stereocenters. The lowest BCUT2D eigenvalue weighted by Gasteiger charge is -2.25. The minimum atomic E-state index is -0.188. The number of pyridine rings is 1. The SMILES string of the molecule is COC1Cc2[nH]c(N3Cc4ccccc4C3)cc(=O)c2C=C1c1cnco1. The Morgan fingerprint density at radius 1 is 1.26 bits per heavy atom. The zero-order valence-corrected chi connectivity index (χ0v) is 14.9. The van der Waals surface area contributed by atoms with Crippen LogP contribution in [0, 0.1) is 0 Å². The first-order valence-corrected chi connectivity index (χ1v) is 8.94. The summed E-state index contributed by atoms with van der Waals surface area (Å²) in [6.45, 7) is 1.61. The van der Waals surface area contributed by atoms with Crippen molar-refractivity contribution >= 4 is 17.5 Å². The number of benzene rings is 1. The van der Waals surface area contributed by atoms with E-state index in [2.05, 4.69) is 39.1 Å². The van der Waals surface area contributed by atoms with Crippen molar-refractivity contribution in [2.45, 2.75) is 25.6 Å². The van der Waals surface area contributed by atoms with Crippen molar-refractivity contribution in [1.82, 2.24) is 9.97 Å². The number of H-pyrrole nitrogens is 1. The quantitative estimate of drug-likeness (QED) is 0.776. The van der Waals surface area contributed by atoms with E-state index in [1.165, 1.54) is 17.5 Å². The van der Waals surface area contributed by atoms with Crippen LogP contribution in [-0.4, -0.2) is 23.2 Å². The summed E-state index contributed by atoms with van der Waals surface area (Å²) < 4.78 is 11.1. The van der Waals surface area contributed by atoms with Crippen LogP contribution in [0.25, 0.3) is 11.6 Å². The van der Waals surface area contributed by atoms with Gasteiger partial charge < -0.3 is 19.0 Å². The Morgan fingerprint density at radius 2 is 2.04 bits per heavy atom. The molecule has 1 aliphatic heterocycles. The first-order valence-electron chi connectivity index (χ1n) is 8.94. The Kier molecular flexibility index (Phi) is 3.72. The molecule has 2 aliphatic rings. The van der Waals surface area contributed by atoms with Crippen LogP contribution in [0.1, 0.15) is 28.1 Å². The molecule has 0 bridgehead atoms. The lowest BCUT2D eigenvalue weighted by Crippen LogP contribution is -2.27. The van der Waals surface area contributed by atoms with Gasteiger partial charge in [-0.2, -0.15) is 0 Å². The first-order chi connectivity index (χ1) is 13.2. The molecule has 1 unspecified atom stereocenters. The number of nitrogens with zero attached hydrogens (tertiary/aromatic N) is 2. The predicted octanol–water partition coefficient (Wildman–Crippen LogP) is 2.99. The van der Waals surface area contributed by atoms with Gasteiger partial charge in [0.05, 0.1) is 12.3 Å². The number of hydrogen-bond donors (Lipinski definition) is 1. The molecule has 6 heteroatoms. The van der Waals surface area contributed by atoms with Crippen molar-refractivity contribution in [3.63, 3.8) is 0 Å². The van der Waals surface area contributed by atoms with Crippen molar-refractivity contribution in [3.05, 3.63) is 81.3 Å². The van der Waals surface area contributed by atoms with E-state index < -0.39 is 0 Å². The molecule has 3 heterocycles. The minimum Gasteiger partial charge on any atom is -0.444 e. The monoisotopic (exact) mass is 361 g/mol. The van der Waals surface area contributed by atoms with Crippen molar-refractivity contribution < 1.29 is 9.15 Å². The van der Waals surface area contributed by atoms with Gasteiger partial charge in [-0.1, -0.05) is 24.3 Å². The number of aromatic amines is 1. The average molecular weight is 361 g/mol. The normalized spacial score (nSPS) is 18.2. The van der Waals surface area contributed by atoms with Gasteiger partial charge in [0, 0.05) is 49.5 Å². The maximum atomic E-state index is 12.8. The molecule has 1 aromatic carbocycles. The van der Waals surface area contributed by atoms with Gasteiger partial charge in [-0.15, -0.1) is 0 Å². The van der Waals surface area contributed by atoms with E-state index in [0.29, 0.717) is 17.7 Å². The van der Waals surface area contributed by atoms with Crippen LogP contribution in [0.2, 0.25) is 0 Å². The summed E-state index contributed by atoms with van der Waals surface area (Å²) >= 11 is 0. The van der Waals surface area contributed by atoms with Gasteiger partial charge in [0.1, 0.15) is 5.82 Å². The van der Waals surface area contributed by atoms with E-state index in [9.17, 15) is 4.79 Å². The second-order valence-corrected chi connectivity index (χ2v) is 6.93. The van der Waals surface area contributed by atoms with E-state index in [-0.39, 0.29) is 11.5 Å². The number of nitrogens with one attached hydrogen (secondary N) is 1. The summed E-state index contributed by atoms with van der Waals surface area (Å²) in [5.74, 6) is 1.48. The van der Waals surface area contributed by atoms with Crippen LogP contribution >= 0.6 is 0 Å². The van der Waals surface area contributed by atoms with Crippen LogP contribution in [-0.2, 0) is 24.2 Å². The third kappa shape index (κ3) is 2.69. The van der Waals surface area contributed by atoms with E-state index in [0.717, 1.165) is 30.2 Å². The summed E-state index contributed by atoms with van der Waals surface area (Å²) in [6, 6.07) is 10.1. The molecule has 2 aromatic heterocycles. The molecule has 136 valence electrons. The Labute approximate surface area is 156 Å². The highest BCUT2D eigenvalue weighted by Crippen LogP contribution is 2.32. The van der Waals surface area contributed by atoms with Crippen LogP contribution < -0.4 is 10.3 Å². The van der Waals surface area contributed by atoms with Gasteiger partial charge in [-0.25, -0.2) is 4.98 Å². The Hall–Kier alpha value is -3.12. The summed E-state index contributed by atoms with van der Waals surface area (Å²) in [6.07, 6.45) is 5.29. The Morgan fingerprint density at radius 3 is 2.70 bits per heavy atom. The summed E-state index contributed by atoms with van der Waals surface area (Å²) in [7, 11) is 1.67. The first kappa shape index (κ1) is 16.1. The molecule has 0 saturated carbocycles. The third-order valence-corrected chi connectivity index (χ3v) is 5.36. The fourth-order valence-corrected chi connectivity index (χ4v) is 3.94. The highest BCUT2D eigenvalue weighted by atomic mass is 16.5. The van der Waals surface area contributed by atoms with Gasteiger partial charge in [0.2, 0.25) is 0 Å². The van der Waals surface area contributed by atoms with Gasteiger partial charge >= 0.3 is 0 Å². The zero-order valence-electron chi connectivity index (χ0n) is 14.9. The molecule has 3 aromatic rings. The number of oxazole rings is 1. The Balaban J connectivity index is 1.54. The van der Waals surface area contributed by atoms with Gasteiger partial charge in [-0.05, 0) is 17.2 Å². The van der Waals surface area contributed by atoms with Crippen LogP contribution in [0.5, 0.6) is 0 Å². The molecule has 27 heavy (non-hydrogen) atoms. The van der Waals surface area contributed by atoms with Gasteiger partial charge in [-0.3, -0.25) is 4.79 Å². The second kappa shape index (κ2) is 6.25. The maximum Gasteiger partial charge on any atom is 0.191 e. The summed E-state index contributed by atoms with van der Waals surface area (Å²) in [5.41, 5.74) is 5.01. The van der Waals surface area contributed by atoms with Crippen LogP contribution in [0.15, 0.2) is 52.1 Å². The van der Waals surface area contributed by atoms with Crippen LogP contribution in [0.3, 0.4) is 0 Å². The number of rotatable bonds is 3. The number of methoxy groups -OCH3 is 1. The molecule has 6 nitrogen and oxygen atoms in total. The summed E-state index contributed by atoms with van der Waals surface area (Å²) in [5, 5.41) is 0. The molecule has 0 spiro atoms. The fraction of sp³-hybridized carbons (Fsp3) is 0.238. The molecule has 0 radical (unpaired) electrons.